The third-order valence-electron chi connectivity index (χ3n) is 5.23. The van der Waals surface area contributed by atoms with Gasteiger partial charge >= 0.3 is 5.97 Å². The summed E-state index contributed by atoms with van der Waals surface area (Å²) in [4.78, 5) is 13.2. The minimum absolute atomic E-state index is 0.0376. The minimum atomic E-state index is -3.97. The monoisotopic (exact) mass is 464 g/mol. The van der Waals surface area contributed by atoms with Gasteiger partial charge in [-0.1, -0.05) is 53.5 Å². The molecule has 9 heteroatoms. The summed E-state index contributed by atoms with van der Waals surface area (Å²) in [7, 11) is -3.97. The highest BCUT2D eigenvalue weighted by atomic mass is 35.5. The Morgan fingerprint density at radius 3 is 2.47 bits per heavy atom. The Morgan fingerprint density at radius 2 is 1.77 bits per heavy atom. The Bertz CT molecular complexity index is 1250. The van der Waals surface area contributed by atoms with Crippen LogP contribution in [0.1, 0.15) is 6.42 Å². The summed E-state index contributed by atoms with van der Waals surface area (Å²) in [6.45, 7) is 1.05. The minimum Gasteiger partial charge on any atom is -0.481 e. The third kappa shape index (κ3) is 3.80. The van der Waals surface area contributed by atoms with Gasteiger partial charge in [-0.15, -0.1) is 0 Å². The first kappa shape index (κ1) is 20.8. The summed E-state index contributed by atoms with van der Waals surface area (Å²) >= 11 is 12.1. The Labute approximate surface area is 184 Å². The highest BCUT2D eigenvalue weighted by Crippen LogP contribution is 2.37. The molecule has 0 amide bonds. The van der Waals surface area contributed by atoms with Crippen molar-refractivity contribution in [1.82, 2.24) is 0 Å². The molecule has 0 aromatic heterocycles. The molecule has 156 valence electrons. The third-order valence-corrected chi connectivity index (χ3v) is 7.57. The van der Waals surface area contributed by atoms with Crippen LogP contribution in [-0.4, -0.2) is 32.6 Å². The largest absolute Gasteiger partial charge is 0.481 e. The maximum atomic E-state index is 12.9. The number of halogens is 2. The van der Waals surface area contributed by atoms with Crippen molar-refractivity contribution in [2.24, 2.45) is 5.92 Å². The van der Waals surface area contributed by atoms with Gasteiger partial charge in [-0.05, 0) is 30.7 Å². The summed E-state index contributed by atoms with van der Waals surface area (Å²) in [5.41, 5.74) is 1.28. The van der Waals surface area contributed by atoms with Gasteiger partial charge in [-0.2, -0.15) is 0 Å². The van der Waals surface area contributed by atoms with E-state index in [-0.39, 0.29) is 14.9 Å². The lowest BCUT2D eigenvalue weighted by molar-refractivity contribution is -0.140. The Balaban J connectivity index is 1.73. The average molecular weight is 465 g/mol. The van der Waals surface area contributed by atoms with Crippen molar-refractivity contribution in [3.8, 4) is 0 Å². The number of hydrogen-bond donors (Lipinski definition) is 2. The molecule has 1 heterocycles. The lowest BCUT2D eigenvalue weighted by Gasteiger charge is -2.22. The Hall–Kier alpha value is -2.48. The molecule has 1 fully saturated rings. The second kappa shape index (κ2) is 7.98. The van der Waals surface area contributed by atoms with Crippen LogP contribution in [0.25, 0.3) is 10.8 Å². The summed E-state index contributed by atoms with van der Waals surface area (Å²) < 4.78 is 28.5. The van der Waals surface area contributed by atoms with Gasteiger partial charge in [0, 0.05) is 29.5 Å². The zero-order valence-corrected chi connectivity index (χ0v) is 18.0. The lowest BCUT2D eigenvalue weighted by Crippen LogP contribution is -2.23. The number of nitrogens with zero attached hydrogens (tertiary/aromatic N) is 1. The molecular formula is C21H18Cl2N2O4S. The van der Waals surface area contributed by atoms with Gasteiger partial charge in [0.15, 0.2) is 0 Å². The molecule has 4 rings (SSSR count). The number of benzene rings is 3. The number of aliphatic carboxylic acids is 1. The number of fused-ring (bicyclic) bond motifs is 1. The number of rotatable bonds is 5. The number of carbonyl (C=O) groups is 1. The van der Waals surface area contributed by atoms with Crippen LogP contribution in [0.2, 0.25) is 10.0 Å². The molecule has 1 saturated heterocycles. The van der Waals surface area contributed by atoms with Crippen molar-refractivity contribution in [2.75, 3.05) is 22.7 Å². The molecule has 0 aliphatic carbocycles. The van der Waals surface area contributed by atoms with Crippen LogP contribution in [0.3, 0.4) is 0 Å². The van der Waals surface area contributed by atoms with Crippen molar-refractivity contribution in [3.05, 3.63) is 64.6 Å². The Morgan fingerprint density at radius 1 is 1.03 bits per heavy atom. The standard InChI is InChI=1S/C21H18Cl2N2O4S/c22-16-6-3-7-19(20(16)23)30(28,29)24-17-8-9-18(15-5-2-1-4-14(15)17)25-11-10-13(12-25)21(26)27/h1-9,13,24H,10-12H2,(H,26,27)/t13-/m0/s1. The topological polar surface area (TPSA) is 86.7 Å². The van der Waals surface area contributed by atoms with E-state index in [9.17, 15) is 18.3 Å². The van der Waals surface area contributed by atoms with E-state index in [2.05, 4.69) is 4.72 Å². The van der Waals surface area contributed by atoms with E-state index >= 15 is 0 Å². The first-order valence-corrected chi connectivity index (χ1v) is 11.5. The normalized spacial score (nSPS) is 16.7. The summed E-state index contributed by atoms with van der Waals surface area (Å²) in [6, 6.07) is 15.3. The summed E-state index contributed by atoms with van der Waals surface area (Å²) in [5.74, 6) is -1.21. The number of nitrogens with one attached hydrogen (secondary N) is 1. The maximum Gasteiger partial charge on any atom is 0.308 e. The fourth-order valence-electron chi connectivity index (χ4n) is 3.72. The lowest BCUT2D eigenvalue weighted by atomic mass is 10.1. The predicted octanol–water partition coefficient (Wildman–Crippen LogP) is 4.86. The molecule has 2 N–H and O–H groups in total. The molecule has 3 aromatic rings. The quantitative estimate of drug-likeness (QED) is 0.562. The van der Waals surface area contributed by atoms with E-state index in [1.807, 2.05) is 35.2 Å². The van der Waals surface area contributed by atoms with Crippen molar-refractivity contribution < 1.29 is 18.3 Å². The van der Waals surface area contributed by atoms with Crippen LogP contribution in [0.4, 0.5) is 11.4 Å². The smallest absolute Gasteiger partial charge is 0.308 e. The molecular weight excluding hydrogens is 447 g/mol. The fourth-order valence-corrected chi connectivity index (χ4v) is 5.56. The van der Waals surface area contributed by atoms with Gasteiger partial charge in [-0.3, -0.25) is 9.52 Å². The van der Waals surface area contributed by atoms with Crippen molar-refractivity contribution in [1.29, 1.82) is 0 Å². The second-order valence-corrected chi connectivity index (χ2v) is 9.54. The zero-order chi connectivity index (χ0) is 21.5. The maximum absolute atomic E-state index is 12.9. The van der Waals surface area contributed by atoms with E-state index < -0.39 is 21.9 Å². The molecule has 1 atom stereocenters. The predicted molar refractivity (Wildman–Crippen MR) is 119 cm³/mol. The molecule has 0 bridgehead atoms. The molecule has 0 spiro atoms. The van der Waals surface area contributed by atoms with Gasteiger partial charge < -0.3 is 10.0 Å². The molecule has 1 aliphatic rings. The Kier molecular flexibility index (Phi) is 5.53. The zero-order valence-electron chi connectivity index (χ0n) is 15.7. The highest BCUT2D eigenvalue weighted by molar-refractivity contribution is 7.92. The molecule has 1 aliphatic heterocycles. The first-order chi connectivity index (χ1) is 14.3. The molecule has 0 saturated carbocycles. The van der Waals surface area contributed by atoms with E-state index in [0.29, 0.717) is 30.6 Å². The van der Waals surface area contributed by atoms with E-state index in [0.717, 1.165) is 11.1 Å². The average Bonchev–Trinajstić information content (AvgIpc) is 3.20. The molecule has 6 nitrogen and oxygen atoms in total. The van der Waals surface area contributed by atoms with E-state index in [1.54, 1.807) is 6.07 Å². The van der Waals surface area contributed by atoms with Crippen LogP contribution in [-0.2, 0) is 14.8 Å². The van der Waals surface area contributed by atoms with Gasteiger partial charge in [0.1, 0.15) is 4.90 Å². The SMILES string of the molecule is O=C(O)[C@H]1CCN(c2ccc(NS(=O)(=O)c3cccc(Cl)c3Cl)c3ccccc23)C1. The van der Waals surface area contributed by atoms with Crippen molar-refractivity contribution in [2.45, 2.75) is 11.3 Å². The number of hydrogen-bond acceptors (Lipinski definition) is 4. The summed E-state index contributed by atoms with van der Waals surface area (Å²) in [6.07, 6.45) is 0.575. The van der Waals surface area contributed by atoms with E-state index in [1.165, 1.54) is 18.2 Å². The number of carboxylic acid groups (broad SMARTS) is 1. The van der Waals surface area contributed by atoms with Gasteiger partial charge in [0.05, 0.1) is 21.7 Å². The van der Waals surface area contributed by atoms with Crippen molar-refractivity contribution in [3.63, 3.8) is 0 Å². The van der Waals surface area contributed by atoms with E-state index in [4.69, 9.17) is 23.2 Å². The van der Waals surface area contributed by atoms with Crippen LogP contribution < -0.4 is 9.62 Å². The van der Waals surface area contributed by atoms with Crippen LogP contribution in [0.5, 0.6) is 0 Å². The number of sulfonamides is 1. The molecule has 0 radical (unpaired) electrons. The second-order valence-electron chi connectivity index (χ2n) is 7.11. The molecule has 3 aromatic carbocycles. The number of anilines is 2. The first-order valence-electron chi connectivity index (χ1n) is 9.24. The fraction of sp³-hybridized carbons (Fsp3) is 0.190. The van der Waals surface area contributed by atoms with Crippen LogP contribution >= 0.6 is 23.2 Å². The van der Waals surface area contributed by atoms with Gasteiger partial charge in [0.2, 0.25) is 0 Å². The summed E-state index contributed by atoms with van der Waals surface area (Å²) in [5, 5.41) is 10.9. The highest BCUT2D eigenvalue weighted by Gasteiger charge is 2.29. The van der Waals surface area contributed by atoms with Crippen molar-refractivity contribution >= 4 is 61.3 Å². The van der Waals surface area contributed by atoms with Crippen LogP contribution in [0, 0.1) is 5.92 Å². The molecule has 0 unspecified atom stereocenters. The molecule has 30 heavy (non-hydrogen) atoms. The number of carboxylic acids is 1. The van der Waals surface area contributed by atoms with Gasteiger partial charge in [-0.25, -0.2) is 8.42 Å². The van der Waals surface area contributed by atoms with Crippen LogP contribution in [0.15, 0.2) is 59.5 Å². The van der Waals surface area contributed by atoms with Gasteiger partial charge in [0.25, 0.3) is 10.0 Å².